The number of methoxy groups -OCH3 is 1. The van der Waals surface area contributed by atoms with Crippen molar-refractivity contribution >= 4 is 41.0 Å². The fourth-order valence-corrected chi connectivity index (χ4v) is 4.38. The van der Waals surface area contributed by atoms with Crippen molar-refractivity contribution in [3.63, 3.8) is 0 Å². The molecule has 1 atom stereocenters. The van der Waals surface area contributed by atoms with Gasteiger partial charge in [0.05, 0.1) is 24.7 Å². The van der Waals surface area contributed by atoms with Gasteiger partial charge in [-0.2, -0.15) is 13.2 Å². The summed E-state index contributed by atoms with van der Waals surface area (Å²) < 4.78 is 42.9. The summed E-state index contributed by atoms with van der Waals surface area (Å²) in [6.07, 6.45) is 2.96. The molecule has 2 heterocycles. The van der Waals surface area contributed by atoms with Gasteiger partial charge in [-0.1, -0.05) is 0 Å². The van der Waals surface area contributed by atoms with Gasteiger partial charge in [0.15, 0.2) is 0 Å². The number of carbonyl (C=O) groups excluding carboxylic acids is 3. The highest BCUT2D eigenvalue weighted by molar-refractivity contribution is 8.00. The molecule has 2 N–H and O–H groups in total. The van der Waals surface area contributed by atoms with Crippen LogP contribution in [0.25, 0.3) is 0 Å². The van der Waals surface area contributed by atoms with Gasteiger partial charge >= 0.3 is 11.5 Å². The van der Waals surface area contributed by atoms with E-state index in [4.69, 9.17) is 4.74 Å². The number of hydrogen-bond donors (Lipinski definition) is 2. The molecule has 12 heteroatoms. The first-order chi connectivity index (χ1) is 17.5. The van der Waals surface area contributed by atoms with Gasteiger partial charge < -0.3 is 15.4 Å². The molecule has 4 amide bonds. The molecule has 1 saturated heterocycles. The van der Waals surface area contributed by atoms with Crippen molar-refractivity contribution < 1.29 is 32.3 Å². The molecule has 37 heavy (non-hydrogen) atoms. The molecule has 0 saturated carbocycles. The Hall–Kier alpha value is -4.06. The molecule has 1 fully saturated rings. The molecular formula is C25H21F3N4O4S. The van der Waals surface area contributed by atoms with Crippen molar-refractivity contribution in [1.29, 1.82) is 0 Å². The standard InChI is InChI=1S/C25H21F3N4O4S/c1-24(22(34)32(23(35)31-24)17-5-9-19(10-6-17)37-25(26,27)28)13-16-11-12-29-14-20(16)30-21(33)15-3-7-18(36-2)8-4-15/h3-12,14H,13H2,1-2H3,(H,30,33)(H,31,35). The van der Waals surface area contributed by atoms with E-state index in [9.17, 15) is 27.6 Å². The van der Waals surface area contributed by atoms with E-state index in [2.05, 4.69) is 15.6 Å². The van der Waals surface area contributed by atoms with Gasteiger partial charge in [-0.05, 0) is 78.8 Å². The summed E-state index contributed by atoms with van der Waals surface area (Å²) in [5.41, 5.74) is -4.40. The Bertz CT molecular complexity index is 1330. The first-order valence-corrected chi connectivity index (χ1v) is 11.7. The molecule has 0 spiro atoms. The molecule has 4 rings (SSSR count). The number of urea groups is 1. The smallest absolute Gasteiger partial charge is 0.446 e. The van der Waals surface area contributed by atoms with Crippen LogP contribution in [-0.2, 0) is 11.2 Å². The molecule has 8 nitrogen and oxygen atoms in total. The minimum Gasteiger partial charge on any atom is -0.497 e. The first-order valence-electron chi connectivity index (χ1n) is 10.9. The Balaban J connectivity index is 1.52. The highest BCUT2D eigenvalue weighted by Gasteiger charge is 2.48. The summed E-state index contributed by atoms with van der Waals surface area (Å²) >= 11 is -0.289. The monoisotopic (exact) mass is 530 g/mol. The van der Waals surface area contributed by atoms with Crippen LogP contribution in [-0.4, -0.2) is 41.0 Å². The van der Waals surface area contributed by atoms with Crippen molar-refractivity contribution in [3.05, 3.63) is 78.1 Å². The average Bonchev–Trinajstić information content (AvgIpc) is 3.07. The number of halogens is 3. The molecule has 0 aliphatic carbocycles. The van der Waals surface area contributed by atoms with Gasteiger partial charge in [0.25, 0.3) is 11.8 Å². The third-order valence-electron chi connectivity index (χ3n) is 5.65. The van der Waals surface area contributed by atoms with Crippen molar-refractivity contribution in [3.8, 4) is 5.75 Å². The maximum Gasteiger partial charge on any atom is 0.446 e. The fourth-order valence-electron chi connectivity index (χ4n) is 3.84. The van der Waals surface area contributed by atoms with Gasteiger partial charge in [0.2, 0.25) is 0 Å². The zero-order valence-electron chi connectivity index (χ0n) is 19.6. The van der Waals surface area contributed by atoms with E-state index in [0.29, 0.717) is 22.6 Å². The quantitative estimate of drug-likeness (QED) is 0.329. The molecule has 2 aromatic carbocycles. The number of carbonyl (C=O) groups is 3. The molecule has 1 unspecified atom stereocenters. The molecule has 1 aliphatic rings. The third kappa shape index (κ3) is 5.85. The van der Waals surface area contributed by atoms with Gasteiger partial charge in [-0.25, -0.2) is 9.69 Å². The van der Waals surface area contributed by atoms with Crippen molar-refractivity contribution in [2.75, 3.05) is 17.3 Å². The predicted octanol–water partition coefficient (Wildman–Crippen LogP) is 5.01. The maximum atomic E-state index is 13.3. The molecule has 192 valence electrons. The molecule has 1 aromatic heterocycles. The van der Waals surface area contributed by atoms with E-state index >= 15 is 0 Å². The number of pyridine rings is 1. The maximum absolute atomic E-state index is 13.3. The van der Waals surface area contributed by atoms with E-state index < -0.39 is 28.9 Å². The minimum atomic E-state index is -4.45. The molecule has 1 aliphatic heterocycles. The third-order valence-corrected chi connectivity index (χ3v) is 6.38. The molecule has 3 aromatic rings. The second-order valence-electron chi connectivity index (χ2n) is 8.34. The zero-order valence-corrected chi connectivity index (χ0v) is 20.4. The van der Waals surface area contributed by atoms with E-state index in [1.807, 2.05) is 0 Å². The van der Waals surface area contributed by atoms with E-state index in [1.165, 1.54) is 50.7 Å². The van der Waals surface area contributed by atoms with Crippen LogP contribution in [0.4, 0.5) is 29.3 Å². The number of aromatic nitrogens is 1. The first kappa shape index (κ1) is 26.0. The topological polar surface area (TPSA) is 101 Å². The lowest BCUT2D eigenvalue weighted by Gasteiger charge is -2.23. The van der Waals surface area contributed by atoms with E-state index in [0.717, 1.165) is 4.90 Å². The Morgan fingerprint density at radius 1 is 1.11 bits per heavy atom. The van der Waals surface area contributed by atoms with Gasteiger partial charge in [0, 0.05) is 23.1 Å². The van der Waals surface area contributed by atoms with Crippen molar-refractivity contribution in [2.24, 2.45) is 0 Å². The Morgan fingerprint density at radius 2 is 1.78 bits per heavy atom. The van der Waals surface area contributed by atoms with Gasteiger partial charge in [0.1, 0.15) is 11.3 Å². The average molecular weight is 531 g/mol. The number of anilines is 2. The normalized spacial score (nSPS) is 17.5. The van der Waals surface area contributed by atoms with Crippen LogP contribution < -0.4 is 20.3 Å². The summed E-state index contributed by atoms with van der Waals surface area (Å²) in [4.78, 5) is 43.7. The predicted molar refractivity (Wildman–Crippen MR) is 132 cm³/mol. The summed E-state index contributed by atoms with van der Waals surface area (Å²) in [6.45, 7) is 1.54. The molecule has 0 bridgehead atoms. The van der Waals surface area contributed by atoms with Crippen LogP contribution in [0.1, 0.15) is 22.8 Å². The lowest BCUT2D eigenvalue weighted by Crippen LogP contribution is -2.46. The van der Waals surface area contributed by atoms with Crippen LogP contribution in [0.2, 0.25) is 0 Å². The lowest BCUT2D eigenvalue weighted by atomic mass is 9.92. The second kappa shape index (κ2) is 10.1. The van der Waals surface area contributed by atoms with Crippen molar-refractivity contribution in [1.82, 2.24) is 10.3 Å². The van der Waals surface area contributed by atoms with Crippen LogP contribution in [0.15, 0.2) is 71.9 Å². The summed E-state index contributed by atoms with van der Waals surface area (Å²) in [7, 11) is 1.52. The summed E-state index contributed by atoms with van der Waals surface area (Å²) in [5.74, 6) is -0.388. The Morgan fingerprint density at radius 3 is 2.41 bits per heavy atom. The number of benzene rings is 2. The Kier molecular flexibility index (Phi) is 7.12. The number of nitrogens with one attached hydrogen (secondary N) is 2. The number of thioether (sulfide) groups is 1. The van der Waals surface area contributed by atoms with Crippen LogP contribution >= 0.6 is 11.8 Å². The van der Waals surface area contributed by atoms with Crippen LogP contribution in [0.3, 0.4) is 0 Å². The van der Waals surface area contributed by atoms with Gasteiger partial charge in [-0.3, -0.25) is 14.6 Å². The number of nitrogens with zero attached hydrogens (tertiary/aromatic N) is 2. The fraction of sp³-hybridized carbons (Fsp3) is 0.200. The number of hydrogen-bond acceptors (Lipinski definition) is 6. The number of amides is 4. The number of alkyl halides is 3. The van der Waals surface area contributed by atoms with Crippen molar-refractivity contribution in [2.45, 2.75) is 29.3 Å². The highest BCUT2D eigenvalue weighted by atomic mass is 32.2. The highest BCUT2D eigenvalue weighted by Crippen LogP contribution is 2.38. The van der Waals surface area contributed by atoms with E-state index in [-0.39, 0.29) is 28.8 Å². The van der Waals surface area contributed by atoms with Crippen LogP contribution in [0, 0.1) is 0 Å². The lowest BCUT2D eigenvalue weighted by molar-refractivity contribution is -0.121. The Labute approximate surface area is 214 Å². The molecule has 0 radical (unpaired) electrons. The summed E-state index contributed by atoms with van der Waals surface area (Å²) in [5, 5.41) is 5.44. The van der Waals surface area contributed by atoms with Gasteiger partial charge in [-0.15, -0.1) is 0 Å². The van der Waals surface area contributed by atoms with E-state index in [1.54, 1.807) is 30.3 Å². The molecular weight excluding hydrogens is 509 g/mol. The zero-order chi connectivity index (χ0) is 26.8. The minimum absolute atomic E-state index is 0.0246. The number of imide groups is 1. The van der Waals surface area contributed by atoms with Crippen LogP contribution in [0.5, 0.6) is 5.75 Å². The number of rotatable bonds is 7. The number of ether oxygens (including phenoxy) is 1. The summed E-state index contributed by atoms with van der Waals surface area (Å²) in [6, 6.07) is 12.4. The SMILES string of the molecule is COc1ccc(C(=O)Nc2cnccc2CC2(C)NC(=O)N(c3ccc(SC(F)(F)F)cc3)C2=O)cc1. The largest absolute Gasteiger partial charge is 0.497 e. The second-order valence-corrected chi connectivity index (χ2v) is 9.48.